The van der Waals surface area contributed by atoms with Gasteiger partial charge in [-0.2, -0.15) is 0 Å². The number of likely N-dealkylation sites (N-methyl/N-ethyl adjacent to an activating group) is 1. The minimum absolute atomic E-state index is 0.133. The van der Waals surface area contributed by atoms with E-state index in [1.54, 1.807) is 12.3 Å². The third-order valence-corrected chi connectivity index (χ3v) is 3.49. The second-order valence-electron chi connectivity index (χ2n) is 5.24. The van der Waals surface area contributed by atoms with Crippen LogP contribution < -0.4 is 5.32 Å². The molecule has 1 N–H and O–H groups in total. The summed E-state index contributed by atoms with van der Waals surface area (Å²) in [6.45, 7) is 6.69. The molecule has 0 saturated heterocycles. The van der Waals surface area contributed by atoms with Gasteiger partial charge in [0.05, 0.1) is 11.7 Å². The Morgan fingerprint density at radius 1 is 1.24 bits per heavy atom. The van der Waals surface area contributed by atoms with E-state index in [9.17, 15) is 8.78 Å². The molecule has 2 nitrogen and oxygen atoms in total. The summed E-state index contributed by atoms with van der Waals surface area (Å²) >= 11 is 0. The molecule has 0 aliphatic carbocycles. The Balaban J connectivity index is 2.33. The molecule has 0 radical (unpaired) electrons. The van der Waals surface area contributed by atoms with Crippen LogP contribution in [0.3, 0.4) is 0 Å². The van der Waals surface area contributed by atoms with Crippen LogP contribution in [0.1, 0.15) is 35.3 Å². The second kappa shape index (κ2) is 6.76. The standard InChI is InChI=1S/C17H20F2N2/c1-4-20-15(17-12(3)8-11(2)10-21-17)9-13-6-5-7-14(18)16(13)19/h5-8,10,15,20H,4,9H2,1-3H3. The summed E-state index contributed by atoms with van der Waals surface area (Å²) in [5.41, 5.74) is 3.38. The molecular formula is C17H20F2N2. The highest BCUT2D eigenvalue weighted by Gasteiger charge is 2.18. The molecule has 2 rings (SSSR count). The first kappa shape index (κ1) is 15.6. The van der Waals surface area contributed by atoms with Crippen molar-refractivity contribution in [2.75, 3.05) is 6.54 Å². The predicted molar refractivity (Wildman–Crippen MR) is 80.2 cm³/mol. The maximum Gasteiger partial charge on any atom is 0.162 e. The molecule has 1 unspecified atom stereocenters. The lowest BCUT2D eigenvalue weighted by molar-refractivity contribution is 0.477. The Labute approximate surface area is 124 Å². The maximum absolute atomic E-state index is 13.9. The highest BCUT2D eigenvalue weighted by atomic mass is 19.2. The van der Waals surface area contributed by atoms with Crippen LogP contribution in [0.5, 0.6) is 0 Å². The molecule has 112 valence electrons. The molecule has 0 fully saturated rings. The average Bonchev–Trinajstić information content (AvgIpc) is 2.43. The van der Waals surface area contributed by atoms with Crippen molar-refractivity contribution in [2.45, 2.75) is 33.2 Å². The van der Waals surface area contributed by atoms with E-state index in [1.807, 2.05) is 20.8 Å². The molecule has 0 aliphatic rings. The quantitative estimate of drug-likeness (QED) is 0.904. The van der Waals surface area contributed by atoms with Crippen molar-refractivity contribution in [2.24, 2.45) is 0 Å². The molecule has 1 heterocycles. The minimum atomic E-state index is -0.809. The Morgan fingerprint density at radius 2 is 2.00 bits per heavy atom. The fourth-order valence-corrected chi connectivity index (χ4v) is 2.53. The van der Waals surface area contributed by atoms with E-state index in [4.69, 9.17) is 0 Å². The van der Waals surface area contributed by atoms with E-state index in [1.165, 1.54) is 6.07 Å². The van der Waals surface area contributed by atoms with Gasteiger partial charge in [0.15, 0.2) is 11.6 Å². The van der Waals surface area contributed by atoms with Crippen LogP contribution in [0.15, 0.2) is 30.5 Å². The summed E-state index contributed by atoms with van der Waals surface area (Å²) in [7, 11) is 0. The van der Waals surface area contributed by atoms with Crippen LogP contribution in [0.2, 0.25) is 0 Å². The number of pyridine rings is 1. The number of nitrogens with one attached hydrogen (secondary N) is 1. The Kier molecular flexibility index (Phi) is 5.02. The van der Waals surface area contributed by atoms with E-state index < -0.39 is 11.6 Å². The number of aryl methyl sites for hydroxylation is 2. The fourth-order valence-electron chi connectivity index (χ4n) is 2.53. The number of halogens is 2. The number of hydrogen-bond acceptors (Lipinski definition) is 2. The summed E-state index contributed by atoms with van der Waals surface area (Å²) in [4.78, 5) is 4.47. The lowest BCUT2D eigenvalue weighted by Gasteiger charge is -2.20. The zero-order valence-electron chi connectivity index (χ0n) is 12.6. The average molecular weight is 290 g/mol. The van der Waals surface area contributed by atoms with Gasteiger partial charge in [-0.25, -0.2) is 8.78 Å². The summed E-state index contributed by atoms with van der Waals surface area (Å²) < 4.78 is 27.2. The van der Waals surface area contributed by atoms with Crippen molar-refractivity contribution >= 4 is 0 Å². The number of aromatic nitrogens is 1. The zero-order chi connectivity index (χ0) is 15.4. The van der Waals surface area contributed by atoms with Crippen LogP contribution in [-0.2, 0) is 6.42 Å². The summed E-state index contributed by atoms with van der Waals surface area (Å²) in [6.07, 6.45) is 2.17. The number of nitrogens with zero attached hydrogens (tertiary/aromatic N) is 1. The molecule has 4 heteroatoms. The van der Waals surface area contributed by atoms with E-state index in [0.717, 1.165) is 29.4 Å². The molecule has 0 saturated carbocycles. The van der Waals surface area contributed by atoms with Crippen LogP contribution in [0.25, 0.3) is 0 Å². The van der Waals surface area contributed by atoms with Crippen LogP contribution in [-0.4, -0.2) is 11.5 Å². The monoisotopic (exact) mass is 290 g/mol. The highest BCUT2D eigenvalue weighted by Crippen LogP contribution is 2.23. The van der Waals surface area contributed by atoms with Gasteiger partial charge >= 0.3 is 0 Å². The zero-order valence-corrected chi connectivity index (χ0v) is 12.6. The van der Waals surface area contributed by atoms with Gasteiger partial charge in [-0.15, -0.1) is 0 Å². The molecule has 1 aromatic carbocycles. The smallest absolute Gasteiger partial charge is 0.162 e. The van der Waals surface area contributed by atoms with Crippen molar-refractivity contribution in [1.82, 2.24) is 10.3 Å². The van der Waals surface area contributed by atoms with Crippen molar-refractivity contribution in [1.29, 1.82) is 0 Å². The molecule has 1 atom stereocenters. The lowest BCUT2D eigenvalue weighted by atomic mass is 9.98. The van der Waals surface area contributed by atoms with Crippen molar-refractivity contribution in [3.63, 3.8) is 0 Å². The molecular weight excluding hydrogens is 270 g/mol. The Bertz CT molecular complexity index is 626. The Morgan fingerprint density at radius 3 is 2.67 bits per heavy atom. The molecule has 0 aliphatic heterocycles. The van der Waals surface area contributed by atoms with Gasteiger partial charge in [0, 0.05) is 6.20 Å². The van der Waals surface area contributed by atoms with Gasteiger partial charge < -0.3 is 5.32 Å². The maximum atomic E-state index is 13.9. The number of benzene rings is 1. The SMILES string of the molecule is CCNC(Cc1cccc(F)c1F)c1ncc(C)cc1C. The summed E-state index contributed by atoms with van der Waals surface area (Å²) in [5, 5.41) is 3.30. The fraction of sp³-hybridized carbons (Fsp3) is 0.353. The largest absolute Gasteiger partial charge is 0.309 e. The van der Waals surface area contributed by atoms with Crippen LogP contribution in [0.4, 0.5) is 8.78 Å². The first-order valence-corrected chi connectivity index (χ1v) is 7.12. The molecule has 0 bridgehead atoms. The van der Waals surface area contributed by atoms with E-state index in [2.05, 4.69) is 16.4 Å². The lowest BCUT2D eigenvalue weighted by Crippen LogP contribution is -2.25. The molecule has 0 amide bonds. The second-order valence-corrected chi connectivity index (χ2v) is 5.24. The van der Waals surface area contributed by atoms with Gasteiger partial charge in [-0.05, 0) is 49.6 Å². The number of rotatable bonds is 5. The van der Waals surface area contributed by atoms with E-state index >= 15 is 0 Å². The van der Waals surface area contributed by atoms with Crippen molar-refractivity contribution < 1.29 is 8.78 Å². The summed E-state index contributed by atoms with van der Waals surface area (Å²) in [6, 6.07) is 6.20. The number of hydrogen-bond donors (Lipinski definition) is 1. The molecule has 1 aromatic heterocycles. The van der Waals surface area contributed by atoms with Gasteiger partial charge in [0.25, 0.3) is 0 Å². The molecule has 0 spiro atoms. The van der Waals surface area contributed by atoms with Gasteiger partial charge in [-0.3, -0.25) is 4.98 Å². The van der Waals surface area contributed by atoms with E-state index in [-0.39, 0.29) is 6.04 Å². The van der Waals surface area contributed by atoms with Crippen LogP contribution >= 0.6 is 0 Å². The molecule has 2 aromatic rings. The highest BCUT2D eigenvalue weighted by molar-refractivity contribution is 5.28. The minimum Gasteiger partial charge on any atom is -0.309 e. The molecule has 21 heavy (non-hydrogen) atoms. The summed E-state index contributed by atoms with van der Waals surface area (Å²) in [5.74, 6) is -1.58. The topological polar surface area (TPSA) is 24.9 Å². The predicted octanol–water partition coefficient (Wildman–Crippen LogP) is 3.87. The van der Waals surface area contributed by atoms with Gasteiger partial charge in [-0.1, -0.05) is 25.1 Å². The first-order valence-electron chi connectivity index (χ1n) is 7.12. The third kappa shape index (κ3) is 3.64. The first-order chi connectivity index (χ1) is 10.0. The van der Waals surface area contributed by atoms with Crippen molar-refractivity contribution in [3.05, 3.63) is 64.5 Å². The normalized spacial score (nSPS) is 12.4. The van der Waals surface area contributed by atoms with Gasteiger partial charge in [0.2, 0.25) is 0 Å². The Hall–Kier alpha value is -1.81. The van der Waals surface area contributed by atoms with Crippen molar-refractivity contribution in [3.8, 4) is 0 Å². The van der Waals surface area contributed by atoms with Crippen LogP contribution in [0, 0.1) is 25.5 Å². The van der Waals surface area contributed by atoms with Gasteiger partial charge in [0.1, 0.15) is 0 Å². The van der Waals surface area contributed by atoms with E-state index in [0.29, 0.717) is 12.0 Å². The third-order valence-electron chi connectivity index (χ3n) is 3.49.